The Morgan fingerprint density at radius 1 is 1.09 bits per heavy atom. The van der Waals surface area contributed by atoms with E-state index in [-0.39, 0.29) is 12.8 Å². The molecule has 0 atom stereocenters. The first kappa shape index (κ1) is 15.9. The van der Waals surface area contributed by atoms with E-state index in [2.05, 4.69) is 5.32 Å². The molecule has 0 unspecified atom stereocenters. The molecule has 0 fully saturated rings. The van der Waals surface area contributed by atoms with Crippen molar-refractivity contribution < 1.29 is 9.53 Å². The fraction of sp³-hybridized carbons (Fsp3) is 0.278. The minimum absolute atomic E-state index is 0.126. The quantitative estimate of drug-likeness (QED) is 0.828. The van der Waals surface area contributed by atoms with Crippen molar-refractivity contribution >= 4 is 6.03 Å². The standard InChI is InChI=1S/C18H22N2O2/c1-3-20(13-16-7-5-4-6-8-16)18(21)19-14-22-17-11-9-15(2)10-12-17/h4-12H,3,13-14H2,1-2H3,(H,19,21). The highest BCUT2D eigenvalue weighted by Crippen LogP contribution is 2.10. The number of nitrogens with one attached hydrogen (secondary N) is 1. The van der Waals surface area contributed by atoms with Crippen molar-refractivity contribution in [1.29, 1.82) is 0 Å². The molecule has 2 rings (SSSR count). The summed E-state index contributed by atoms with van der Waals surface area (Å²) >= 11 is 0. The van der Waals surface area contributed by atoms with Crippen LogP contribution in [0.1, 0.15) is 18.1 Å². The van der Waals surface area contributed by atoms with Crippen LogP contribution in [0.4, 0.5) is 4.79 Å². The maximum absolute atomic E-state index is 12.2. The summed E-state index contributed by atoms with van der Waals surface area (Å²) in [6.45, 7) is 5.38. The summed E-state index contributed by atoms with van der Waals surface area (Å²) in [5, 5.41) is 2.78. The molecule has 1 N–H and O–H groups in total. The van der Waals surface area contributed by atoms with Crippen LogP contribution in [0, 0.1) is 6.92 Å². The van der Waals surface area contributed by atoms with E-state index in [0.717, 1.165) is 11.3 Å². The molecule has 0 aliphatic heterocycles. The Morgan fingerprint density at radius 2 is 1.77 bits per heavy atom. The lowest BCUT2D eigenvalue weighted by Gasteiger charge is -2.21. The number of nitrogens with zero attached hydrogens (tertiary/aromatic N) is 1. The molecule has 0 saturated heterocycles. The second kappa shape index (κ2) is 8.08. The van der Waals surface area contributed by atoms with E-state index in [4.69, 9.17) is 4.74 Å². The largest absolute Gasteiger partial charge is 0.473 e. The molecule has 0 saturated carbocycles. The monoisotopic (exact) mass is 298 g/mol. The predicted octanol–water partition coefficient (Wildman–Crippen LogP) is 3.56. The number of aryl methyl sites for hydroxylation is 1. The van der Waals surface area contributed by atoms with E-state index < -0.39 is 0 Å². The van der Waals surface area contributed by atoms with Crippen molar-refractivity contribution in [3.63, 3.8) is 0 Å². The summed E-state index contributed by atoms with van der Waals surface area (Å²) in [6, 6.07) is 17.6. The van der Waals surface area contributed by atoms with E-state index in [1.165, 1.54) is 5.56 Å². The first-order valence-electron chi connectivity index (χ1n) is 7.45. The third-order valence-corrected chi connectivity index (χ3v) is 3.37. The zero-order valence-electron chi connectivity index (χ0n) is 13.1. The molecule has 4 heteroatoms. The van der Waals surface area contributed by atoms with Gasteiger partial charge in [0.1, 0.15) is 5.75 Å². The number of rotatable bonds is 6. The second-order valence-electron chi connectivity index (χ2n) is 5.08. The zero-order chi connectivity index (χ0) is 15.8. The van der Waals surface area contributed by atoms with E-state index in [1.54, 1.807) is 4.90 Å². The third-order valence-electron chi connectivity index (χ3n) is 3.37. The first-order valence-corrected chi connectivity index (χ1v) is 7.45. The molecule has 0 spiro atoms. The highest BCUT2D eigenvalue weighted by molar-refractivity contribution is 5.74. The number of carbonyl (C=O) groups excluding carboxylic acids is 1. The smallest absolute Gasteiger partial charge is 0.320 e. The Morgan fingerprint density at radius 3 is 2.41 bits per heavy atom. The fourth-order valence-corrected chi connectivity index (χ4v) is 2.06. The van der Waals surface area contributed by atoms with Gasteiger partial charge in [-0.2, -0.15) is 0 Å². The molecule has 22 heavy (non-hydrogen) atoms. The van der Waals surface area contributed by atoms with Gasteiger partial charge >= 0.3 is 6.03 Å². The van der Waals surface area contributed by atoms with Gasteiger partial charge in [-0.15, -0.1) is 0 Å². The molecular formula is C18H22N2O2. The van der Waals surface area contributed by atoms with Crippen LogP contribution in [-0.4, -0.2) is 24.2 Å². The fourth-order valence-electron chi connectivity index (χ4n) is 2.06. The van der Waals surface area contributed by atoms with Crippen LogP contribution in [0.25, 0.3) is 0 Å². The summed E-state index contributed by atoms with van der Waals surface area (Å²) in [5.41, 5.74) is 2.29. The average molecular weight is 298 g/mol. The Labute approximate surface area is 131 Å². The predicted molar refractivity (Wildman–Crippen MR) is 87.7 cm³/mol. The molecule has 2 amide bonds. The molecule has 0 aromatic heterocycles. The van der Waals surface area contributed by atoms with Crippen LogP contribution in [0.5, 0.6) is 5.75 Å². The molecule has 116 valence electrons. The molecule has 0 aliphatic carbocycles. The Kier molecular flexibility index (Phi) is 5.83. The van der Waals surface area contributed by atoms with Gasteiger partial charge in [0.2, 0.25) is 0 Å². The Bertz CT molecular complexity index is 582. The summed E-state index contributed by atoms with van der Waals surface area (Å²) in [5.74, 6) is 0.747. The zero-order valence-corrected chi connectivity index (χ0v) is 13.1. The number of amides is 2. The van der Waals surface area contributed by atoms with Gasteiger partial charge in [-0.3, -0.25) is 0 Å². The summed E-state index contributed by atoms with van der Waals surface area (Å²) in [7, 11) is 0. The summed E-state index contributed by atoms with van der Waals surface area (Å²) in [6.07, 6.45) is 0. The number of hydrogen-bond donors (Lipinski definition) is 1. The summed E-state index contributed by atoms with van der Waals surface area (Å²) in [4.78, 5) is 13.9. The first-order chi connectivity index (χ1) is 10.7. The highest BCUT2D eigenvalue weighted by atomic mass is 16.5. The Balaban J connectivity index is 1.80. The second-order valence-corrected chi connectivity index (χ2v) is 5.08. The third kappa shape index (κ3) is 4.81. The van der Waals surface area contributed by atoms with Gasteiger partial charge in [0, 0.05) is 13.1 Å². The molecule has 0 bridgehead atoms. The number of carbonyl (C=O) groups is 1. The lowest BCUT2D eigenvalue weighted by Crippen LogP contribution is -2.41. The normalized spacial score (nSPS) is 10.1. The van der Waals surface area contributed by atoms with Crippen LogP contribution in [0.2, 0.25) is 0 Å². The van der Waals surface area contributed by atoms with Crippen LogP contribution in [0.3, 0.4) is 0 Å². The highest BCUT2D eigenvalue weighted by Gasteiger charge is 2.11. The molecule has 0 aliphatic rings. The van der Waals surface area contributed by atoms with Crippen molar-refractivity contribution in [2.24, 2.45) is 0 Å². The van der Waals surface area contributed by atoms with Crippen molar-refractivity contribution in [2.75, 3.05) is 13.3 Å². The average Bonchev–Trinajstić information content (AvgIpc) is 2.55. The number of ether oxygens (including phenoxy) is 1. The van der Waals surface area contributed by atoms with Crippen molar-refractivity contribution in [3.05, 3.63) is 65.7 Å². The lowest BCUT2D eigenvalue weighted by molar-refractivity contribution is 0.184. The van der Waals surface area contributed by atoms with Crippen LogP contribution >= 0.6 is 0 Å². The van der Waals surface area contributed by atoms with Crippen LogP contribution in [-0.2, 0) is 6.54 Å². The van der Waals surface area contributed by atoms with E-state index in [1.807, 2.05) is 68.4 Å². The van der Waals surface area contributed by atoms with Gasteiger partial charge in [-0.1, -0.05) is 48.0 Å². The molecule has 0 heterocycles. The minimum atomic E-state index is -0.126. The van der Waals surface area contributed by atoms with Crippen molar-refractivity contribution in [1.82, 2.24) is 10.2 Å². The molecular weight excluding hydrogens is 276 g/mol. The maximum atomic E-state index is 12.2. The van der Waals surface area contributed by atoms with Gasteiger partial charge < -0.3 is 15.0 Å². The van der Waals surface area contributed by atoms with E-state index in [9.17, 15) is 4.79 Å². The molecule has 2 aromatic rings. The van der Waals surface area contributed by atoms with Gasteiger partial charge in [-0.05, 0) is 31.5 Å². The molecule has 0 radical (unpaired) electrons. The number of hydrogen-bond acceptors (Lipinski definition) is 2. The topological polar surface area (TPSA) is 41.6 Å². The maximum Gasteiger partial charge on any atom is 0.320 e. The van der Waals surface area contributed by atoms with Gasteiger partial charge in [0.15, 0.2) is 6.73 Å². The minimum Gasteiger partial charge on any atom is -0.473 e. The summed E-state index contributed by atoms with van der Waals surface area (Å²) < 4.78 is 5.52. The number of benzene rings is 2. The van der Waals surface area contributed by atoms with Gasteiger partial charge in [0.05, 0.1) is 0 Å². The van der Waals surface area contributed by atoms with Crippen LogP contribution < -0.4 is 10.1 Å². The SMILES string of the molecule is CCN(Cc1ccccc1)C(=O)NCOc1ccc(C)cc1. The van der Waals surface area contributed by atoms with Gasteiger partial charge in [-0.25, -0.2) is 4.79 Å². The van der Waals surface area contributed by atoms with E-state index in [0.29, 0.717) is 13.1 Å². The molecule has 4 nitrogen and oxygen atoms in total. The number of urea groups is 1. The van der Waals surface area contributed by atoms with Crippen molar-refractivity contribution in [2.45, 2.75) is 20.4 Å². The lowest BCUT2D eigenvalue weighted by atomic mass is 10.2. The van der Waals surface area contributed by atoms with Crippen LogP contribution in [0.15, 0.2) is 54.6 Å². The van der Waals surface area contributed by atoms with E-state index >= 15 is 0 Å². The van der Waals surface area contributed by atoms with Crippen molar-refractivity contribution in [3.8, 4) is 5.75 Å². The molecule has 2 aromatic carbocycles. The Hall–Kier alpha value is -2.49. The van der Waals surface area contributed by atoms with Gasteiger partial charge in [0.25, 0.3) is 0 Å².